The third kappa shape index (κ3) is 6.90. The van der Waals surface area contributed by atoms with E-state index in [4.69, 9.17) is 11.6 Å². The largest absolute Gasteiger partial charge is 0.417 e. The van der Waals surface area contributed by atoms with Gasteiger partial charge in [0.2, 0.25) is 11.8 Å². The average molecular weight is 582 g/mol. The Bertz CT molecular complexity index is 1450. The summed E-state index contributed by atoms with van der Waals surface area (Å²) in [5.41, 5.74) is -0.115. The SMILES string of the molecule is CNC(=O)C(C)N(Cc1ccccc1C)C(=O)CN(c1ccc(Cl)c(C(F)(F)F)c1)S(=O)(=O)c1ccccc1. The summed E-state index contributed by atoms with van der Waals surface area (Å²) in [5, 5.41) is 1.85. The fourth-order valence-corrected chi connectivity index (χ4v) is 5.55. The number of carbonyl (C=O) groups is 2. The van der Waals surface area contributed by atoms with Crippen molar-refractivity contribution in [3.05, 3.63) is 94.5 Å². The molecule has 1 unspecified atom stereocenters. The van der Waals surface area contributed by atoms with Gasteiger partial charge in [-0.2, -0.15) is 13.2 Å². The maximum Gasteiger partial charge on any atom is 0.417 e. The predicted octanol–water partition coefficient (Wildman–Crippen LogP) is 5.03. The molecule has 7 nitrogen and oxygen atoms in total. The Morgan fingerprint density at radius 1 is 1.00 bits per heavy atom. The fraction of sp³-hybridized carbons (Fsp3) is 0.259. The zero-order valence-corrected chi connectivity index (χ0v) is 22.9. The van der Waals surface area contributed by atoms with Crippen LogP contribution in [-0.2, 0) is 32.3 Å². The van der Waals surface area contributed by atoms with Crippen molar-refractivity contribution in [2.24, 2.45) is 0 Å². The molecule has 3 aromatic rings. The molecule has 208 valence electrons. The highest BCUT2D eigenvalue weighted by Gasteiger charge is 2.36. The molecule has 1 N–H and O–H groups in total. The quantitative estimate of drug-likeness (QED) is 0.384. The monoisotopic (exact) mass is 581 g/mol. The minimum absolute atomic E-state index is 0.0340. The molecule has 0 spiro atoms. The minimum Gasteiger partial charge on any atom is -0.357 e. The fourth-order valence-electron chi connectivity index (χ4n) is 3.90. The number of carbonyl (C=O) groups excluding carboxylic acids is 2. The van der Waals surface area contributed by atoms with Crippen molar-refractivity contribution >= 4 is 39.1 Å². The smallest absolute Gasteiger partial charge is 0.357 e. The Balaban J connectivity index is 2.12. The van der Waals surface area contributed by atoms with Crippen LogP contribution < -0.4 is 9.62 Å². The molecule has 0 radical (unpaired) electrons. The van der Waals surface area contributed by atoms with E-state index in [2.05, 4.69) is 5.32 Å². The van der Waals surface area contributed by atoms with E-state index in [0.29, 0.717) is 15.9 Å². The first-order chi connectivity index (χ1) is 18.3. The maximum absolute atomic E-state index is 13.7. The summed E-state index contributed by atoms with van der Waals surface area (Å²) >= 11 is 5.76. The number of amides is 2. The van der Waals surface area contributed by atoms with Crippen LogP contribution in [0, 0.1) is 6.92 Å². The number of benzene rings is 3. The second kappa shape index (κ2) is 12.1. The molecule has 0 aliphatic heterocycles. The molecule has 0 aliphatic carbocycles. The molecule has 0 fully saturated rings. The number of hydrogen-bond donors (Lipinski definition) is 1. The van der Waals surface area contributed by atoms with Crippen LogP contribution in [0.3, 0.4) is 0 Å². The number of nitrogens with one attached hydrogen (secondary N) is 1. The third-order valence-electron chi connectivity index (χ3n) is 6.17. The molecule has 0 saturated carbocycles. The zero-order chi connectivity index (χ0) is 29.0. The Morgan fingerprint density at radius 3 is 2.21 bits per heavy atom. The first-order valence-corrected chi connectivity index (χ1v) is 13.6. The second-order valence-corrected chi connectivity index (χ2v) is 11.0. The van der Waals surface area contributed by atoms with Gasteiger partial charge in [0.25, 0.3) is 10.0 Å². The van der Waals surface area contributed by atoms with Crippen molar-refractivity contribution in [2.75, 3.05) is 17.9 Å². The van der Waals surface area contributed by atoms with Gasteiger partial charge >= 0.3 is 6.18 Å². The molecule has 39 heavy (non-hydrogen) atoms. The molecule has 12 heteroatoms. The summed E-state index contributed by atoms with van der Waals surface area (Å²) in [7, 11) is -3.12. The van der Waals surface area contributed by atoms with Crippen molar-refractivity contribution in [3.8, 4) is 0 Å². The standard InChI is InChI=1S/C27H27ClF3N3O4S/c1-18-9-7-8-10-20(18)16-33(19(2)26(36)32-3)25(35)17-34(39(37,38)22-11-5-4-6-12-22)21-13-14-24(28)23(15-21)27(29,30)31/h4-15,19H,16-17H2,1-3H3,(H,32,36). The number of likely N-dealkylation sites (N-methyl/N-ethyl adjacent to an activating group) is 1. The van der Waals surface area contributed by atoms with Gasteiger partial charge in [-0.25, -0.2) is 8.42 Å². The van der Waals surface area contributed by atoms with Gasteiger partial charge in [0, 0.05) is 13.6 Å². The minimum atomic E-state index is -4.87. The number of halogens is 4. The van der Waals surface area contributed by atoms with E-state index in [1.54, 1.807) is 24.3 Å². The lowest BCUT2D eigenvalue weighted by atomic mass is 10.1. The highest BCUT2D eigenvalue weighted by molar-refractivity contribution is 7.92. The average Bonchev–Trinajstić information content (AvgIpc) is 2.90. The lowest BCUT2D eigenvalue weighted by Crippen LogP contribution is -2.50. The van der Waals surface area contributed by atoms with Crippen molar-refractivity contribution in [1.29, 1.82) is 0 Å². The first-order valence-electron chi connectivity index (χ1n) is 11.8. The number of sulfonamides is 1. The van der Waals surface area contributed by atoms with Gasteiger partial charge in [-0.3, -0.25) is 13.9 Å². The van der Waals surface area contributed by atoms with E-state index in [-0.39, 0.29) is 11.4 Å². The van der Waals surface area contributed by atoms with Crippen LogP contribution in [0.25, 0.3) is 0 Å². The molecule has 0 aromatic heterocycles. The van der Waals surface area contributed by atoms with Gasteiger partial charge in [0.15, 0.2) is 0 Å². The predicted molar refractivity (Wildman–Crippen MR) is 143 cm³/mol. The second-order valence-electron chi connectivity index (χ2n) is 8.72. The van der Waals surface area contributed by atoms with E-state index >= 15 is 0 Å². The maximum atomic E-state index is 13.7. The van der Waals surface area contributed by atoms with Crippen molar-refractivity contribution < 1.29 is 31.2 Å². The van der Waals surface area contributed by atoms with Gasteiger partial charge in [0.05, 0.1) is 21.2 Å². The van der Waals surface area contributed by atoms with Gasteiger partial charge in [0.1, 0.15) is 12.6 Å². The number of rotatable bonds is 9. The summed E-state index contributed by atoms with van der Waals surface area (Å²) in [6.45, 7) is 2.40. The molecular weight excluding hydrogens is 555 g/mol. The van der Waals surface area contributed by atoms with Crippen molar-refractivity contribution in [1.82, 2.24) is 10.2 Å². The van der Waals surface area contributed by atoms with E-state index in [9.17, 15) is 31.2 Å². The normalized spacial score (nSPS) is 12.5. The topological polar surface area (TPSA) is 86.8 Å². The summed E-state index contributed by atoms with van der Waals surface area (Å²) in [6, 6.07) is 15.8. The van der Waals surface area contributed by atoms with Crippen LogP contribution in [0.4, 0.5) is 18.9 Å². The van der Waals surface area contributed by atoms with Crippen molar-refractivity contribution in [2.45, 2.75) is 37.5 Å². The summed E-state index contributed by atoms with van der Waals surface area (Å²) in [5.74, 6) is -1.29. The third-order valence-corrected chi connectivity index (χ3v) is 8.29. The molecule has 3 rings (SSSR count). The highest BCUT2D eigenvalue weighted by Crippen LogP contribution is 2.38. The van der Waals surface area contributed by atoms with Crippen LogP contribution in [0.2, 0.25) is 5.02 Å². The van der Waals surface area contributed by atoms with Crippen LogP contribution in [-0.4, -0.2) is 44.8 Å². The Kier molecular flexibility index (Phi) is 9.29. The lowest BCUT2D eigenvalue weighted by Gasteiger charge is -2.32. The van der Waals surface area contributed by atoms with Gasteiger partial charge < -0.3 is 10.2 Å². The number of nitrogens with zero attached hydrogens (tertiary/aromatic N) is 2. The molecule has 3 aromatic carbocycles. The number of aryl methyl sites for hydroxylation is 1. The lowest BCUT2D eigenvalue weighted by molar-refractivity contribution is -0.139. The molecular formula is C27H27ClF3N3O4S. The van der Waals surface area contributed by atoms with Crippen LogP contribution >= 0.6 is 11.6 Å². The Morgan fingerprint density at radius 2 is 1.62 bits per heavy atom. The van der Waals surface area contributed by atoms with Crippen LogP contribution in [0.15, 0.2) is 77.7 Å². The highest BCUT2D eigenvalue weighted by atomic mass is 35.5. The number of hydrogen-bond acceptors (Lipinski definition) is 4. The number of alkyl halides is 3. The van der Waals surface area contributed by atoms with E-state index < -0.39 is 56.9 Å². The van der Waals surface area contributed by atoms with Crippen LogP contribution in [0.1, 0.15) is 23.6 Å². The van der Waals surface area contributed by atoms with Crippen LogP contribution in [0.5, 0.6) is 0 Å². The summed E-state index contributed by atoms with van der Waals surface area (Å²) in [4.78, 5) is 27.2. The first kappa shape index (κ1) is 30.0. The molecule has 0 bridgehead atoms. The van der Waals surface area contributed by atoms with Gasteiger partial charge in [-0.1, -0.05) is 54.1 Å². The van der Waals surface area contributed by atoms with Gasteiger partial charge in [-0.15, -0.1) is 0 Å². The summed E-state index contributed by atoms with van der Waals surface area (Å²) in [6.07, 6.45) is -4.87. The van der Waals surface area contributed by atoms with Gasteiger partial charge in [-0.05, 0) is 55.3 Å². The van der Waals surface area contributed by atoms with E-state index in [0.717, 1.165) is 17.7 Å². The van der Waals surface area contributed by atoms with E-state index in [1.165, 1.54) is 43.1 Å². The molecule has 0 saturated heterocycles. The molecule has 2 amide bonds. The van der Waals surface area contributed by atoms with E-state index in [1.807, 2.05) is 13.0 Å². The van der Waals surface area contributed by atoms with Crippen molar-refractivity contribution in [3.63, 3.8) is 0 Å². The Labute approximate surface area is 230 Å². The Hall–Kier alpha value is -3.57. The number of anilines is 1. The molecule has 0 aliphatic rings. The molecule has 1 atom stereocenters. The molecule has 0 heterocycles. The summed E-state index contributed by atoms with van der Waals surface area (Å²) < 4.78 is 68.9. The zero-order valence-electron chi connectivity index (χ0n) is 21.4.